The predicted molar refractivity (Wildman–Crippen MR) is 162 cm³/mol. The molecule has 6 rings (SSSR count). The normalized spacial score (nSPS) is 23.5. The lowest BCUT2D eigenvalue weighted by molar-refractivity contribution is -0.145. The second kappa shape index (κ2) is 12.0. The summed E-state index contributed by atoms with van der Waals surface area (Å²) >= 11 is 1.55. The number of aliphatic hydroxyl groups is 1. The third kappa shape index (κ3) is 5.87. The Morgan fingerprint density at radius 2 is 1.98 bits per heavy atom. The Labute approximate surface area is 260 Å². The summed E-state index contributed by atoms with van der Waals surface area (Å²) in [7, 11) is 1.31. The number of rotatable bonds is 8. The number of amides is 2. The number of fused-ring (bicyclic) bond motifs is 1. The van der Waals surface area contributed by atoms with Crippen molar-refractivity contribution >= 4 is 29.1 Å². The summed E-state index contributed by atoms with van der Waals surface area (Å²) < 4.78 is 6.67. The fourth-order valence-electron chi connectivity index (χ4n) is 6.43. The lowest BCUT2D eigenvalue weighted by Gasteiger charge is -2.36. The first-order chi connectivity index (χ1) is 21.1. The first kappa shape index (κ1) is 30.4. The van der Waals surface area contributed by atoms with E-state index in [2.05, 4.69) is 25.9 Å². The Balaban J connectivity index is 1.25. The van der Waals surface area contributed by atoms with E-state index in [-0.39, 0.29) is 25.3 Å². The summed E-state index contributed by atoms with van der Waals surface area (Å²) in [5.41, 5.74) is 5.74. The number of thiazole rings is 1. The first-order valence-corrected chi connectivity index (χ1v) is 16.0. The molecule has 2 fully saturated rings. The van der Waals surface area contributed by atoms with Gasteiger partial charge in [0.05, 0.1) is 53.1 Å². The minimum atomic E-state index is -0.918. The van der Waals surface area contributed by atoms with Crippen LogP contribution in [-0.4, -0.2) is 80.1 Å². The molecule has 3 aromatic rings. The highest BCUT2D eigenvalue weighted by atomic mass is 32.1. The first-order valence-electron chi connectivity index (χ1n) is 15.1. The molecule has 3 aliphatic rings. The van der Waals surface area contributed by atoms with Crippen molar-refractivity contribution in [1.29, 1.82) is 0 Å². The number of likely N-dealkylation sites (tertiary alicyclic amines) is 1. The van der Waals surface area contributed by atoms with E-state index >= 15 is 0 Å². The van der Waals surface area contributed by atoms with Gasteiger partial charge in [-0.25, -0.2) is 9.67 Å². The molecule has 13 heteroatoms. The van der Waals surface area contributed by atoms with E-state index in [9.17, 15) is 19.5 Å². The standard InChI is InChI=1S/C31H39N7O5S/c1-17-27(44-16-33-17)20-9-5-18(6-10-20)22(12-25(40)43-4)34-29(41)23-11-21(39)14-37(23)30(42)28-31(2,3)15-32-13-24-26(19-7-8-19)35-36-38(24)28/h5-6,9-10,16,19,21-23,28,32,39H,7-8,11-15H2,1-4H3,(H,34,41)/t21-,22+,23+,28-/m1/s1. The van der Waals surface area contributed by atoms with Crippen LogP contribution < -0.4 is 10.6 Å². The van der Waals surface area contributed by atoms with Gasteiger partial charge in [-0.3, -0.25) is 14.4 Å². The monoisotopic (exact) mass is 621 g/mol. The third-order valence-electron chi connectivity index (χ3n) is 8.98. The van der Waals surface area contributed by atoms with Crippen LogP contribution in [0.5, 0.6) is 0 Å². The number of β-amino-alcohol motifs (C(OH)–C–C–N with tert-alkyl or cyclic N) is 1. The van der Waals surface area contributed by atoms with E-state index in [1.165, 1.54) is 12.0 Å². The summed E-state index contributed by atoms with van der Waals surface area (Å²) in [6, 6.07) is 5.31. The van der Waals surface area contributed by atoms with Crippen LogP contribution in [-0.2, 0) is 25.7 Å². The average molecular weight is 622 g/mol. The Kier molecular flexibility index (Phi) is 8.29. The Morgan fingerprint density at radius 3 is 2.64 bits per heavy atom. The maximum absolute atomic E-state index is 14.4. The predicted octanol–water partition coefficient (Wildman–Crippen LogP) is 2.64. The number of ether oxygens (including phenoxy) is 1. The number of carbonyl (C=O) groups excluding carboxylic acids is 3. The smallest absolute Gasteiger partial charge is 0.307 e. The maximum Gasteiger partial charge on any atom is 0.307 e. The highest BCUT2D eigenvalue weighted by molar-refractivity contribution is 7.13. The fraction of sp³-hybridized carbons (Fsp3) is 0.548. The zero-order valence-electron chi connectivity index (χ0n) is 25.4. The number of benzene rings is 1. The van der Waals surface area contributed by atoms with Crippen LogP contribution in [0.3, 0.4) is 0 Å². The van der Waals surface area contributed by atoms with E-state index in [1.807, 2.05) is 45.0 Å². The third-order valence-corrected chi connectivity index (χ3v) is 9.95. The van der Waals surface area contributed by atoms with Gasteiger partial charge >= 0.3 is 5.97 Å². The number of aliphatic hydroxyl groups excluding tert-OH is 1. The van der Waals surface area contributed by atoms with Gasteiger partial charge in [0.1, 0.15) is 12.1 Å². The second-order valence-electron chi connectivity index (χ2n) is 12.8. The van der Waals surface area contributed by atoms with Gasteiger partial charge in [0.2, 0.25) is 11.8 Å². The largest absolute Gasteiger partial charge is 0.469 e. The number of hydrogen-bond donors (Lipinski definition) is 3. The van der Waals surface area contributed by atoms with E-state index < -0.39 is 41.5 Å². The molecule has 12 nitrogen and oxygen atoms in total. The number of hydrogen-bond acceptors (Lipinski definition) is 10. The summed E-state index contributed by atoms with van der Waals surface area (Å²) in [4.78, 5) is 47.5. The summed E-state index contributed by atoms with van der Waals surface area (Å²) in [5, 5.41) is 26.1. The van der Waals surface area contributed by atoms with Crippen molar-refractivity contribution in [3.8, 4) is 10.4 Å². The summed E-state index contributed by atoms with van der Waals surface area (Å²) in [6.07, 6.45) is 1.27. The Morgan fingerprint density at radius 1 is 1.23 bits per heavy atom. The average Bonchev–Trinajstić information content (AvgIpc) is 3.47. The lowest BCUT2D eigenvalue weighted by atomic mass is 9.83. The number of nitrogens with zero attached hydrogens (tertiary/aromatic N) is 5. The van der Waals surface area contributed by atoms with Crippen molar-refractivity contribution in [1.82, 2.24) is 35.5 Å². The van der Waals surface area contributed by atoms with Crippen LogP contribution >= 0.6 is 11.3 Å². The second-order valence-corrected chi connectivity index (χ2v) is 13.6. The molecule has 0 spiro atoms. The molecule has 0 unspecified atom stereocenters. The molecule has 4 heterocycles. The van der Waals surface area contributed by atoms with Crippen LogP contribution in [0.2, 0.25) is 0 Å². The van der Waals surface area contributed by atoms with Crippen LogP contribution in [0.4, 0.5) is 0 Å². The Hall–Kier alpha value is -3.68. The quantitative estimate of drug-likeness (QED) is 0.323. The Bertz CT molecular complexity index is 1550. The van der Waals surface area contributed by atoms with Crippen molar-refractivity contribution in [2.75, 3.05) is 20.2 Å². The van der Waals surface area contributed by atoms with Crippen LogP contribution in [0.1, 0.15) is 80.2 Å². The van der Waals surface area contributed by atoms with E-state index in [1.54, 1.807) is 21.5 Å². The molecule has 1 aromatic carbocycles. The molecule has 44 heavy (non-hydrogen) atoms. The maximum atomic E-state index is 14.4. The molecule has 3 N–H and O–H groups in total. The van der Waals surface area contributed by atoms with Gasteiger partial charge in [0.15, 0.2) is 0 Å². The van der Waals surface area contributed by atoms with Crippen molar-refractivity contribution < 1.29 is 24.2 Å². The van der Waals surface area contributed by atoms with Crippen molar-refractivity contribution in [2.45, 2.75) is 83.1 Å². The molecule has 0 radical (unpaired) electrons. The fourth-order valence-corrected chi connectivity index (χ4v) is 7.24. The topological polar surface area (TPSA) is 152 Å². The molecule has 2 aromatic heterocycles. The number of aryl methyl sites for hydroxylation is 1. The van der Waals surface area contributed by atoms with Crippen LogP contribution in [0.15, 0.2) is 29.8 Å². The van der Waals surface area contributed by atoms with Gasteiger partial charge in [0, 0.05) is 37.4 Å². The van der Waals surface area contributed by atoms with Crippen LogP contribution in [0.25, 0.3) is 10.4 Å². The molecule has 1 aliphatic carbocycles. The van der Waals surface area contributed by atoms with Gasteiger partial charge in [0.25, 0.3) is 0 Å². The number of nitrogens with one attached hydrogen (secondary N) is 2. The van der Waals surface area contributed by atoms with Crippen molar-refractivity contribution in [3.05, 3.63) is 52.4 Å². The van der Waals surface area contributed by atoms with Gasteiger partial charge in [-0.15, -0.1) is 16.4 Å². The number of aromatic nitrogens is 4. The molecule has 2 amide bonds. The molecule has 2 aliphatic heterocycles. The number of methoxy groups -OCH3 is 1. The highest BCUT2D eigenvalue weighted by Crippen LogP contribution is 2.43. The SMILES string of the molecule is COC(=O)C[C@H](NC(=O)[C@@H]1C[C@@H](O)CN1C(=O)[C@H]1n2nnc(C3CC3)c2CNCC1(C)C)c1ccc(-c2scnc2C)cc1. The molecule has 234 valence electrons. The molecule has 4 atom stereocenters. The van der Waals surface area contributed by atoms with Gasteiger partial charge in [-0.1, -0.05) is 43.3 Å². The van der Waals surface area contributed by atoms with Crippen LogP contribution in [0, 0.1) is 12.3 Å². The minimum absolute atomic E-state index is 0.0288. The molecule has 1 saturated carbocycles. The zero-order valence-corrected chi connectivity index (χ0v) is 26.3. The molecule has 0 bridgehead atoms. The van der Waals surface area contributed by atoms with E-state index in [4.69, 9.17) is 4.74 Å². The summed E-state index contributed by atoms with van der Waals surface area (Å²) in [6.45, 7) is 7.12. The molecular formula is C31H39N7O5S. The van der Waals surface area contributed by atoms with Crippen molar-refractivity contribution in [3.63, 3.8) is 0 Å². The number of carbonyl (C=O) groups is 3. The van der Waals surface area contributed by atoms with Crippen molar-refractivity contribution in [2.24, 2.45) is 5.41 Å². The minimum Gasteiger partial charge on any atom is -0.469 e. The zero-order chi connectivity index (χ0) is 31.2. The molecule has 1 saturated heterocycles. The highest BCUT2D eigenvalue weighted by Gasteiger charge is 2.49. The van der Waals surface area contributed by atoms with Gasteiger partial charge < -0.3 is 25.4 Å². The van der Waals surface area contributed by atoms with E-state index in [0.717, 1.165) is 45.9 Å². The van der Waals surface area contributed by atoms with Gasteiger partial charge in [-0.2, -0.15) is 0 Å². The number of esters is 1. The molecular weight excluding hydrogens is 582 g/mol. The van der Waals surface area contributed by atoms with Gasteiger partial charge in [-0.05, 0) is 30.9 Å². The lowest BCUT2D eigenvalue weighted by Crippen LogP contribution is -2.52. The summed E-state index contributed by atoms with van der Waals surface area (Å²) in [5.74, 6) is -0.822. The van der Waals surface area contributed by atoms with E-state index in [0.29, 0.717) is 19.0 Å².